The van der Waals surface area contributed by atoms with Crippen LogP contribution in [0.5, 0.6) is 0 Å². The highest BCUT2D eigenvalue weighted by molar-refractivity contribution is 6.09. The summed E-state index contributed by atoms with van der Waals surface area (Å²) in [6.07, 6.45) is 0.220. The fourth-order valence-electron chi connectivity index (χ4n) is 3.00. The van der Waals surface area contributed by atoms with Gasteiger partial charge in [0, 0.05) is 24.8 Å². The molecular weight excluding hydrogens is 358 g/mol. The number of hydrogen-bond donors (Lipinski definition) is 2. The normalized spacial score (nSPS) is 16.4. The van der Waals surface area contributed by atoms with Crippen molar-refractivity contribution >= 4 is 23.5 Å². The fourth-order valence-corrected chi connectivity index (χ4v) is 3.00. The van der Waals surface area contributed by atoms with Crippen molar-refractivity contribution in [2.75, 3.05) is 11.4 Å². The number of amides is 2. The lowest BCUT2D eigenvalue weighted by Crippen LogP contribution is -2.36. The highest BCUT2D eigenvalue weighted by Crippen LogP contribution is 2.27. The van der Waals surface area contributed by atoms with Crippen LogP contribution >= 0.6 is 0 Å². The molecule has 1 atom stereocenters. The predicted octanol–water partition coefficient (Wildman–Crippen LogP) is 2.33. The van der Waals surface area contributed by atoms with Gasteiger partial charge in [0.05, 0.1) is 5.56 Å². The minimum absolute atomic E-state index is 0.0678. The molecule has 3 rings (SSSR count). The van der Waals surface area contributed by atoms with Crippen molar-refractivity contribution in [2.24, 2.45) is 5.92 Å². The number of halogens is 2. The van der Waals surface area contributed by atoms with Gasteiger partial charge in [-0.05, 0) is 36.2 Å². The average molecular weight is 374 g/mol. The van der Waals surface area contributed by atoms with Crippen LogP contribution in [0.1, 0.15) is 22.3 Å². The Morgan fingerprint density at radius 3 is 2.52 bits per heavy atom. The van der Waals surface area contributed by atoms with E-state index in [2.05, 4.69) is 5.32 Å². The van der Waals surface area contributed by atoms with Gasteiger partial charge in [0.2, 0.25) is 11.8 Å². The summed E-state index contributed by atoms with van der Waals surface area (Å²) in [4.78, 5) is 37.0. The maximum atomic E-state index is 13.4. The Bertz CT molecular complexity index is 896. The van der Waals surface area contributed by atoms with E-state index in [-0.39, 0.29) is 30.8 Å². The van der Waals surface area contributed by atoms with Gasteiger partial charge in [-0.2, -0.15) is 0 Å². The van der Waals surface area contributed by atoms with Crippen LogP contribution in [0, 0.1) is 17.6 Å². The number of hydrogen-bond acceptors (Lipinski definition) is 3. The number of aromatic carboxylic acids is 1. The number of carboxylic acid groups (broad SMARTS) is 1. The molecule has 0 spiro atoms. The first-order valence-corrected chi connectivity index (χ1v) is 8.22. The van der Waals surface area contributed by atoms with Crippen LogP contribution in [0.3, 0.4) is 0 Å². The van der Waals surface area contributed by atoms with Crippen molar-refractivity contribution in [1.82, 2.24) is 5.32 Å². The minimum atomic E-state index is -1.08. The zero-order valence-corrected chi connectivity index (χ0v) is 14.1. The molecule has 0 aromatic heterocycles. The molecule has 0 unspecified atom stereocenters. The summed E-state index contributed by atoms with van der Waals surface area (Å²) in [5.41, 5.74) is 0.748. The van der Waals surface area contributed by atoms with E-state index in [0.29, 0.717) is 11.6 Å². The standard InChI is InChI=1S/C19H16F2N2O4/c20-13-7-14(21)9-15(8-13)23-5-4-16(18(23)25)17(24)22-10-11-2-1-3-12(6-11)19(26)27/h1-3,6-9,16H,4-5,10H2,(H,22,24)(H,26,27)/t16-/m0/s1. The zero-order valence-electron chi connectivity index (χ0n) is 14.1. The molecule has 1 aliphatic rings. The molecule has 0 aliphatic carbocycles. The summed E-state index contributed by atoms with van der Waals surface area (Å²) >= 11 is 0. The van der Waals surface area contributed by atoms with E-state index in [1.807, 2.05) is 0 Å². The Hall–Kier alpha value is -3.29. The van der Waals surface area contributed by atoms with Crippen LogP contribution in [-0.4, -0.2) is 29.4 Å². The van der Waals surface area contributed by atoms with Crippen molar-refractivity contribution in [3.8, 4) is 0 Å². The summed E-state index contributed by atoms with van der Waals surface area (Å²) in [5, 5.41) is 11.6. The number of nitrogens with one attached hydrogen (secondary N) is 1. The van der Waals surface area contributed by atoms with Crippen molar-refractivity contribution in [3.05, 3.63) is 65.2 Å². The van der Waals surface area contributed by atoms with Gasteiger partial charge in [-0.25, -0.2) is 13.6 Å². The molecule has 0 saturated carbocycles. The van der Waals surface area contributed by atoms with E-state index >= 15 is 0 Å². The molecule has 1 saturated heterocycles. The summed E-state index contributed by atoms with van der Waals surface area (Å²) in [6, 6.07) is 8.87. The van der Waals surface area contributed by atoms with Gasteiger partial charge in [-0.15, -0.1) is 0 Å². The average Bonchev–Trinajstić information content (AvgIpc) is 3.00. The van der Waals surface area contributed by atoms with E-state index in [1.165, 1.54) is 17.0 Å². The highest BCUT2D eigenvalue weighted by Gasteiger charge is 2.37. The molecule has 6 nitrogen and oxygen atoms in total. The van der Waals surface area contributed by atoms with Crippen molar-refractivity contribution in [2.45, 2.75) is 13.0 Å². The van der Waals surface area contributed by atoms with E-state index in [9.17, 15) is 23.2 Å². The first kappa shape index (κ1) is 18.5. The van der Waals surface area contributed by atoms with Crippen molar-refractivity contribution in [1.29, 1.82) is 0 Å². The summed E-state index contributed by atoms with van der Waals surface area (Å²) < 4.78 is 26.7. The quantitative estimate of drug-likeness (QED) is 0.787. The van der Waals surface area contributed by atoms with Crippen molar-refractivity contribution in [3.63, 3.8) is 0 Å². The maximum absolute atomic E-state index is 13.4. The lowest BCUT2D eigenvalue weighted by atomic mass is 10.1. The number of nitrogens with zero attached hydrogens (tertiary/aromatic N) is 1. The molecule has 140 valence electrons. The molecule has 1 heterocycles. The van der Waals surface area contributed by atoms with E-state index < -0.39 is 35.3 Å². The largest absolute Gasteiger partial charge is 0.478 e. The first-order valence-electron chi connectivity index (χ1n) is 8.22. The van der Waals surface area contributed by atoms with Gasteiger partial charge in [0.25, 0.3) is 0 Å². The monoisotopic (exact) mass is 374 g/mol. The van der Waals surface area contributed by atoms with Crippen LogP contribution in [0.4, 0.5) is 14.5 Å². The molecule has 2 N–H and O–H groups in total. The second kappa shape index (κ2) is 7.53. The smallest absolute Gasteiger partial charge is 0.335 e. The van der Waals surface area contributed by atoms with Gasteiger partial charge in [-0.1, -0.05) is 12.1 Å². The number of rotatable bonds is 5. The lowest BCUT2D eigenvalue weighted by molar-refractivity contribution is -0.132. The second-order valence-electron chi connectivity index (χ2n) is 6.18. The van der Waals surface area contributed by atoms with Gasteiger partial charge >= 0.3 is 5.97 Å². The topological polar surface area (TPSA) is 86.7 Å². The molecule has 0 radical (unpaired) electrons. The molecule has 8 heteroatoms. The molecule has 0 bridgehead atoms. The van der Waals surface area contributed by atoms with E-state index in [0.717, 1.165) is 12.1 Å². The van der Waals surface area contributed by atoms with Crippen molar-refractivity contribution < 1.29 is 28.3 Å². The molecule has 2 amide bonds. The summed E-state index contributed by atoms with van der Waals surface area (Å²) in [7, 11) is 0. The Labute approximate surface area is 153 Å². The number of benzene rings is 2. The van der Waals surface area contributed by atoms with Gasteiger partial charge in [0.1, 0.15) is 17.6 Å². The van der Waals surface area contributed by atoms with E-state index in [4.69, 9.17) is 5.11 Å². The third kappa shape index (κ3) is 4.11. The Balaban J connectivity index is 1.65. The fraction of sp³-hybridized carbons (Fsp3) is 0.211. The minimum Gasteiger partial charge on any atom is -0.478 e. The third-order valence-corrected chi connectivity index (χ3v) is 4.32. The molecule has 2 aromatic rings. The Morgan fingerprint density at radius 2 is 1.85 bits per heavy atom. The number of carbonyl (C=O) groups is 3. The molecule has 2 aromatic carbocycles. The van der Waals surface area contributed by atoms with Gasteiger partial charge in [-0.3, -0.25) is 9.59 Å². The number of anilines is 1. The maximum Gasteiger partial charge on any atom is 0.335 e. The van der Waals surface area contributed by atoms with Gasteiger partial charge in [0.15, 0.2) is 0 Å². The molecular formula is C19H16F2N2O4. The van der Waals surface area contributed by atoms with Crippen LogP contribution in [-0.2, 0) is 16.1 Å². The highest BCUT2D eigenvalue weighted by atomic mass is 19.1. The second-order valence-corrected chi connectivity index (χ2v) is 6.18. The summed E-state index contributed by atoms with van der Waals surface area (Å²) in [6.45, 7) is 0.243. The Kier molecular flexibility index (Phi) is 5.16. The van der Waals surface area contributed by atoms with Crippen LogP contribution in [0.2, 0.25) is 0 Å². The SMILES string of the molecule is O=C(O)c1cccc(CNC(=O)[C@@H]2CCN(c3cc(F)cc(F)c3)C2=O)c1. The predicted molar refractivity (Wildman–Crippen MR) is 92.1 cm³/mol. The summed E-state index contributed by atoms with van der Waals surface area (Å²) in [5.74, 6) is -4.68. The lowest BCUT2D eigenvalue weighted by Gasteiger charge is -2.17. The van der Waals surface area contributed by atoms with Crippen LogP contribution in [0.25, 0.3) is 0 Å². The molecule has 27 heavy (non-hydrogen) atoms. The Morgan fingerprint density at radius 1 is 1.15 bits per heavy atom. The number of carbonyl (C=O) groups excluding carboxylic acids is 2. The van der Waals surface area contributed by atoms with Gasteiger partial charge < -0.3 is 15.3 Å². The van der Waals surface area contributed by atoms with E-state index in [1.54, 1.807) is 12.1 Å². The third-order valence-electron chi connectivity index (χ3n) is 4.32. The number of carboxylic acids is 1. The molecule has 1 fully saturated rings. The zero-order chi connectivity index (χ0) is 19.6. The first-order chi connectivity index (χ1) is 12.8. The van der Waals surface area contributed by atoms with Crippen LogP contribution < -0.4 is 10.2 Å². The molecule has 1 aliphatic heterocycles. The van der Waals surface area contributed by atoms with Crippen LogP contribution in [0.15, 0.2) is 42.5 Å².